The second-order valence-electron chi connectivity index (χ2n) is 15.0. The van der Waals surface area contributed by atoms with E-state index in [-0.39, 0.29) is 91.6 Å². The predicted molar refractivity (Wildman–Crippen MR) is 264 cm³/mol. The topological polar surface area (TPSA) is 524 Å². The molecule has 0 bridgehead atoms. The third kappa shape index (κ3) is 58.3. The third-order valence-electron chi connectivity index (χ3n) is 5.91. The van der Waals surface area contributed by atoms with E-state index in [4.69, 9.17) is 90.5 Å². The van der Waals surface area contributed by atoms with Crippen LogP contribution in [0.1, 0.15) is 90.5 Å². The predicted octanol–water partition coefficient (Wildman–Crippen LogP) is -2.75. The van der Waals surface area contributed by atoms with E-state index >= 15 is 0 Å². The van der Waals surface area contributed by atoms with Crippen LogP contribution < -0.4 is 74.7 Å². The Morgan fingerprint density at radius 1 is 0.763 bits per heavy atom. The summed E-state index contributed by atoms with van der Waals surface area (Å²) in [4.78, 5) is 86.8. The van der Waals surface area contributed by atoms with Crippen LogP contribution in [0.2, 0.25) is 0 Å². The van der Waals surface area contributed by atoms with E-state index in [0.717, 1.165) is 24.6 Å². The SMILES string of the molecule is C/C(N)=N/O.CC(C)(C)OC(=O)NCC(=O)O.CC1=NCC(C[NH3+])=N1.Cc1noc(CNC(=O)CCl)n1.Cc1noc(CNC(=O)CN=[N+]=[N-])n1.Cc1noc(CNC(=O)OC(C)(C)C)n1.O=C(Cl)CCl.[Cl-].[N-]=[N+]=[N-].[Na+]. The number of quaternary nitrogens is 1. The molecule has 0 fully saturated rings. The number of amides is 4. The quantitative estimate of drug-likeness (QED) is 0.00822. The summed E-state index contributed by atoms with van der Waals surface area (Å²) >= 11 is 14.8. The minimum atomic E-state index is -1.10. The van der Waals surface area contributed by atoms with Crippen LogP contribution in [0.15, 0.2) is 33.8 Å². The molecule has 39 heteroatoms. The number of ether oxygens (including phenoxy) is 2. The Morgan fingerprint density at radius 3 is 1.38 bits per heavy atom. The number of alkyl carbamates (subject to hydrolysis) is 2. The molecule has 0 aliphatic carbocycles. The van der Waals surface area contributed by atoms with Gasteiger partial charge in [-0.2, -0.15) is 15.0 Å². The number of alkyl halides is 2. The van der Waals surface area contributed by atoms with Crippen molar-refractivity contribution in [2.75, 3.05) is 37.9 Å². The maximum absolute atomic E-state index is 11.2. The van der Waals surface area contributed by atoms with Crippen LogP contribution in [0.3, 0.4) is 0 Å². The number of amidine groups is 2. The van der Waals surface area contributed by atoms with Crippen LogP contribution in [0.25, 0.3) is 26.4 Å². The molecule has 3 aromatic heterocycles. The fourth-order valence-electron chi connectivity index (χ4n) is 3.35. The number of aliphatic imine (C=N–C) groups is 2. The molecule has 0 atom stereocenters. The first kappa shape index (κ1) is 80.8. The van der Waals surface area contributed by atoms with Gasteiger partial charge in [0.25, 0.3) is 0 Å². The Labute approximate surface area is 478 Å². The van der Waals surface area contributed by atoms with Crippen molar-refractivity contribution in [3.63, 3.8) is 0 Å². The molecule has 34 nitrogen and oxygen atoms in total. The van der Waals surface area contributed by atoms with Crippen molar-refractivity contribution in [1.29, 1.82) is 0 Å². The van der Waals surface area contributed by atoms with E-state index in [2.05, 4.69) is 82.6 Å². The number of nitrogens with one attached hydrogen (secondary N) is 4. The van der Waals surface area contributed by atoms with E-state index in [9.17, 15) is 28.8 Å². The summed E-state index contributed by atoms with van der Waals surface area (Å²) in [6.45, 7) is 20.4. The number of aromatic nitrogens is 6. The molecule has 0 saturated carbocycles. The van der Waals surface area contributed by atoms with Crippen LogP contribution in [0.4, 0.5) is 9.59 Å². The molecule has 1 aliphatic heterocycles. The summed E-state index contributed by atoms with van der Waals surface area (Å²) in [6, 6.07) is 0. The van der Waals surface area contributed by atoms with Crippen molar-refractivity contribution < 1.29 is 110 Å². The summed E-state index contributed by atoms with van der Waals surface area (Å²) < 4.78 is 24.1. The Hall–Kier alpha value is -6.61. The minimum absolute atomic E-state index is 0. The van der Waals surface area contributed by atoms with Gasteiger partial charge in [-0.25, -0.2) is 14.6 Å². The van der Waals surface area contributed by atoms with Crippen LogP contribution in [-0.4, -0.2) is 142 Å². The number of rotatable bonds is 13. The second kappa shape index (κ2) is 48.1. The summed E-state index contributed by atoms with van der Waals surface area (Å²) in [7, 11) is 0. The maximum atomic E-state index is 11.2. The standard InChI is InChI=1S/C9H15N3O3.C7H13NO4.C6H8ClN3O2.C6H8N6O2.C5H9N3.C2H2Cl2O.C2H6N2O.ClH.N3.Na/c1-6-11-7(15-12-6)5-10-8(13)14-9(2,3)4;1-7(2,3)12-6(11)8-4-5(9)10;1-4-9-6(12-10-4)3-8-5(11)2-7;1-4-10-6(14-11-4)3-8-5(13)2-9-12-7;1-4-7-3-5(2-6)8-4;3-1-2(4)5;1-2(3)4-5;;1-3-2;/h5H2,1-4H3,(H,10,13);4H2,1-3H3,(H,8,11)(H,9,10);2-3H2,1H3,(H,8,11);2-3H2,1H3,(H,8,13);2-3,6H2,1H3;1H2;5H,1H3,(H2,3,4);1H;;/q;;;;;;;;-1;+1. The van der Waals surface area contributed by atoms with Gasteiger partial charge in [0.2, 0.25) is 34.7 Å². The van der Waals surface area contributed by atoms with Gasteiger partial charge in [-0.3, -0.25) is 29.1 Å². The number of oxime groups is 1. The molecule has 0 spiro atoms. The molecule has 0 unspecified atom stereocenters. The second-order valence-corrected chi connectivity index (χ2v) is 16.0. The zero-order valence-electron chi connectivity index (χ0n) is 43.8. The van der Waals surface area contributed by atoms with Crippen molar-refractivity contribution in [2.45, 2.75) is 107 Å². The number of carbonyl (C=O) groups is 6. The van der Waals surface area contributed by atoms with Crippen LogP contribution in [0.5, 0.6) is 0 Å². The molecule has 1 aliphatic rings. The monoisotopic (exact) mass is 1170 g/mol. The fraction of sp³-hybridized carbons (Fsp3) is 0.595. The van der Waals surface area contributed by atoms with E-state index in [1.807, 2.05) is 6.92 Å². The average Bonchev–Trinajstić information content (AvgIpc) is 4.14. The first-order valence-corrected chi connectivity index (χ1v) is 22.0. The Bertz CT molecular complexity index is 2320. The number of nitrogens with two attached hydrogens (primary N) is 1. The molecule has 4 amide bonds. The maximum Gasteiger partial charge on any atom is 1.00 e. The van der Waals surface area contributed by atoms with Gasteiger partial charge in [-0.05, 0) is 93.3 Å². The van der Waals surface area contributed by atoms with Gasteiger partial charge < -0.3 is 89.6 Å². The third-order valence-corrected chi connectivity index (χ3v) is 6.66. The molecule has 3 aromatic rings. The van der Waals surface area contributed by atoms with E-state index in [1.165, 1.54) is 11.8 Å². The molecule has 11 N–H and O–H groups in total. The number of carbonyl (C=O) groups excluding carboxylic acids is 5. The van der Waals surface area contributed by atoms with Crippen LogP contribution in [0, 0.1) is 20.8 Å². The molecule has 4 heterocycles. The van der Waals surface area contributed by atoms with Crippen molar-refractivity contribution in [3.05, 3.63) is 61.6 Å². The number of hydrogen-bond acceptors (Lipinski definition) is 22. The first-order valence-electron chi connectivity index (χ1n) is 20.6. The van der Waals surface area contributed by atoms with Gasteiger partial charge in [0.15, 0.2) is 17.5 Å². The summed E-state index contributed by atoms with van der Waals surface area (Å²) in [5.41, 5.74) is 29.9. The normalized spacial score (nSPS) is 10.4. The number of carboxylic acid groups (broad SMARTS) is 1. The Kier molecular flexibility index (Phi) is 51.1. The van der Waals surface area contributed by atoms with Gasteiger partial charge in [0, 0.05) is 4.91 Å². The molecule has 422 valence electrons. The van der Waals surface area contributed by atoms with Gasteiger partial charge in [-0.1, -0.05) is 25.7 Å². The smallest absolute Gasteiger partial charge is 1.00 e. The number of azide groups is 1. The van der Waals surface area contributed by atoms with Gasteiger partial charge in [0.1, 0.15) is 54.9 Å². The van der Waals surface area contributed by atoms with Gasteiger partial charge >= 0.3 is 47.7 Å². The number of hydrogen-bond donors (Lipinski definition) is 8. The van der Waals surface area contributed by atoms with E-state index < -0.39 is 47.1 Å². The molecular formula is C37H62Cl4N21NaO13. The van der Waals surface area contributed by atoms with Crippen molar-refractivity contribution in [1.82, 2.24) is 51.7 Å². The number of carboxylic acids is 1. The van der Waals surface area contributed by atoms with Crippen LogP contribution >= 0.6 is 34.8 Å². The van der Waals surface area contributed by atoms with Gasteiger partial charge in [0.05, 0.1) is 31.2 Å². The molecule has 4 rings (SSSR count). The number of aryl methyl sites for hydroxylation is 3. The fourth-order valence-corrected chi connectivity index (χ4v) is 3.44. The van der Waals surface area contributed by atoms with Crippen LogP contribution in [-0.2, 0) is 48.3 Å². The largest absolute Gasteiger partial charge is 1.00 e. The Balaban J connectivity index is -0.000000191. The van der Waals surface area contributed by atoms with Crippen molar-refractivity contribution in [3.8, 4) is 0 Å². The minimum Gasteiger partial charge on any atom is -1.00 e. The molecule has 76 heavy (non-hydrogen) atoms. The zero-order valence-corrected chi connectivity index (χ0v) is 48.8. The molecule has 0 aromatic carbocycles. The zero-order chi connectivity index (χ0) is 57.9. The molecule has 0 radical (unpaired) electrons. The van der Waals surface area contributed by atoms with E-state index in [1.54, 1.807) is 62.3 Å². The molecule has 0 saturated heterocycles. The van der Waals surface area contributed by atoms with Crippen molar-refractivity contribution in [2.24, 2.45) is 26.0 Å². The number of aliphatic carboxylic acids is 1. The van der Waals surface area contributed by atoms with E-state index in [0.29, 0.717) is 35.1 Å². The summed E-state index contributed by atoms with van der Waals surface area (Å²) in [5.74, 6) is 1.82. The first-order chi connectivity index (χ1) is 34.4. The summed E-state index contributed by atoms with van der Waals surface area (Å²) in [5, 5.41) is 41.2. The van der Waals surface area contributed by atoms with Crippen molar-refractivity contribution >= 4 is 87.4 Å². The van der Waals surface area contributed by atoms with Gasteiger partial charge in [-0.15, -0.1) is 23.2 Å². The number of halogens is 4. The Morgan fingerprint density at radius 2 is 1.13 bits per heavy atom. The average molecular weight is 1170 g/mol. The summed E-state index contributed by atoms with van der Waals surface area (Å²) in [6.07, 6.45) is -1.22. The number of nitrogens with zero attached hydrogens (tertiary/aromatic N) is 15. The molecular weight excluding hydrogens is 1110 g/mol.